The summed E-state index contributed by atoms with van der Waals surface area (Å²) in [6, 6.07) is 11.5. The highest BCUT2D eigenvalue weighted by atomic mass is 19.1. The highest BCUT2D eigenvalue weighted by molar-refractivity contribution is 5.90. The standard InChI is InChI=1S/C17H13F2N3O2/c18-11-5-7-12(8-6-11)20-15(23)9-10-16-21-17(22-24-16)13-3-1-2-4-14(13)19/h1-8H,9-10H2,(H,20,23). The minimum absolute atomic E-state index is 0.107. The van der Waals surface area contributed by atoms with Gasteiger partial charge in [-0.1, -0.05) is 17.3 Å². The van der Waals surface area contributed by atoms with Crippen LogP contribution in [0.25, 0.3) is 11.4 Å². The zero-order valence-corrected chi connectivity index (χ0v) is 12.5. The van der Waals surface area contributed by atoms with Gasteiger partial charge in [0.2, 0.25) is 17.6 Å². The lowest BCUT2D eigenvalue weighted by Gasteiger charge is -2.03. The van der Waals surface area contributed by atoms with Gasteiger partial charge in [0.25, 0.3) is 0 Å². The van der Waals surface area contributed by atoms with Crippen molar-refractivity contribution in [2.24, 2.45) is 0 Å². The average molecular weight is 329 g/mol. The molecule has 0 bridgehead atoms. The molecule has 0 unspecified atom stereocenters. The van der Waals surface area contributed by atoms with Crippen LogP contribution in [0.2, 0.25) is 0 Å². The van der Waals surface area contributed by atoms with E-state index < -0.39 is 5.82 Å². The first-order chi connectivity index (χ1) is 11.6. The number of benzene rings is 2. The lowest BCUT2D eigenvalue weighted by molar-refractivity contribution is -0.116. The molecule has 1 N–H and O–H groups in total. The Morgan fingerprint density at radius 2 is 1.83 bits per heavy atom. The van der Waals surface area contributed by atoms with Gasteiger partial charge in [-0.2, -0.15) is 4.98 Å². The molecule has 3 rings (SSSR count). The summed E-state index contributed by atoms with van der Waals surface area (Å²) in [6.45, 7) is 0. The number of rotatable bonds is 5. The van der Waals surface area contributed by atoms with Crippen molar-refractivity contribution >= 4 is 11.6 Å². The molecule has 0 saturated carbocycles. The first-order valence-electron chi connectivity index (χ1n) is 7.25. The number of carbonyl (C=O) groups excluding carboxylic acids is 1. The van der Waals surface area contributed by atoms with Gasteiger partial charge in [-0.15, -0.1) is 0 Å². The van der Waals surface area contributed by atoms with Gasteiger partial charge in [-0.25, -0.2) is 8.78 Å². The molecule has 7 heteroatoms. The van der Waals surface area contributed by atoms with Crippen LogP contribution in [0.4, 0.5) is 14.5 Å². The number of aryl methyl sites for hydroxylation is 1. The minimum atomic E-state index is -0.445. The van der Waals surface area contributed by atoms with Crippen LogP contribution in [0.3, 0.4) is 0 Å². The predicted molar refractivity (Wildman–Crippen MR) is 83.0 cm³/mol. The molecule has 0 radical (unpaired) electrons. The quantitative estimate of drug-likeness (QED) is 0.777. The highest BCUT2D eigenvalue weighted by Gasteiger charge is 2.13. The maximum absolute atomic E-state index is 13.7. The van der Waals surface area contributed by atoms with E-state index in [1.54, 1.807) is 18.2 Å². The normalized spacial score (nSPS) is 10.6. The molecule has 1 aromatic heterocycles. The lowest BCUT2D eigenvalue weighted by Crippen LogP contribution is -2.12. The van der Waals surface area contributed by atoms with E-state index >= 15 is 0 Å². The molecule has 5 nitrogen and oxygen atoms in total. The number of nitrogens with one attached hydrogen (secondary N) is 1. The smallest absolute Gasteiger partial charge is 0.227 e. The van der Waals surface area contributed by atoms with E-state index in [9.17, 15) is 13.6 Å². The second kappa shape index (κ2) is 6.99. The topological polar surface area (TPSA) is 68.0 Å². The number of hydrogen-bond donors (Lipinski definition) is 1. The molecule has 0 fully saturated rings. The van der Waals surface area contributed by atoms with Crippen molar-refractivity contribution in [3.8, 4) is 11.4 Å². The van der Waals surface area contributed by atoms with Crippen molar-refractivity contribution in [2.45, 2.75) is 12.8 Å². The second-order valence-electron chi connectivity index (χ2n) is 5.05. The van der Waals surface area contributed by atoms with E-state index in [0.717, 1.165) is 0 Å². The molecule has 0 aliphatic heterocycles. The third-order valence-electron chi connectivity index (χ3n) is 3.28. The maximum Gasteiger partial charge on any atom is 0.227 e. The van der Waals surface area contributed by atoms with Crippen LogP contribution < -0.4 is 5.32 Å². The number of halogens is 2. The van der Waals surface area contributed by atoms with Crippen molar-refractivity contribution in [3.05, 3.63) is 66.1 Å². The number of anilines is 1. The third-order valence-corrected chi connectivity index (χ3v) is 3.28. The fraction of sp³-hybridized carbons (Fsp3) is 0.118. The van der Waals surface area contributed by atoms with Gasteiger partial charge >= 0.3 is 0 Å². The number of hydrogen-bond acceptors (Lipinski definition) is 4. The van der Waals surface area contributed by atoms with Crippen LogP contribution in [0.1, 0.15) is 12.3 Å². The Hall–Kier alpha value is -3.09. The average Bonchev–Trinajstić information content (AvgIpc) is 3.04. The highest BCUT2D eigenvalue weighted by Crippen LogP contribution is 2.19. The predicted octanol–water partition coefficient (Wildman–Crippen LogP) is 3.59. The molecular weight excluding hydrogens is 316 g/mol. The van der Waals surface area contributed by atoms with Crippen molar-refractivity contribution in [2.75, 3.05) is 5.32 Å². The van der Waals surface area contributed by atoms with Crippen LogP contribution >= 0.6 is 0 Å². The molecule has 0 atom stereocenters. The van der Waals surface area contributed by atoms with Crippen molar-refractivity contribution in [3.63, 3.8) is 0 Å². The molecule has 1 amide bonds. The molecule has 0 saturated heterocycles. The molecule has 2 aromatic carbocycles. The van der Waals surface area contributed by atoms with E-state index in [1.165, 1.54) is 30.3 Å². The fourth-order valence-electron chi connectivity index (χ4n) is 2.09. The van der Waals surface area contributed by atoms with Gasteiger partial charge in [-0.3, -0.25) is 4.79 Å². The van der Waals surface area contributed by atoms with E-state index in [-0.39, 0.29) is 41.8 Å². The van der Waals surface area contributed by atoms with E-state index in [0.29, 0.717) is 5.69 Å². The minimum Gasteiger partial charge on any atom is -0.339 e. The van der Waals surface area contributed by atoms with Gasteiger partial charge in [0.05, 0.1) is 5.56 Å². The SMILES string of the molecule is O=C(CCc1nc(-c2ccccc2F)no1)Nc1ccc(F)cc1. The van der Waals surface area contributed by atoms with Gasteiger partial charge in [0.15, 0.2) is 0 Å². The van der Waals surface area contributed by atoms with Crippen LogP contribution in [-0.2, 0) is 11.2 Å². The largest absolute Gasteiger partial charge is 0.339 e. The van der Waals surface area contributed by atoms with Crippen molar-refractivity contribution < 1.29 is 18.1 Å². The zero-order valence-electron chi connectivity index (χ0n) is 12.5. The van der Waals surface area contributed by atoms with E-state index in [2.05, 4.69) is 15.5 Å². The summed E-state index contributed by atoms with van der Waals surface area (Å²) in [4.78, 5) is 15.9. The van der Waals surface area contributed by atoms with Crippen LogP contribution in [0.5, 0.6) is 0 Å². The Morgan fingerprint density at radius 3 is 2.58 bits per heavy atom. The number of aromatic nitrogens is 2. The van der Waals surface area contributed by atoms with Gasteiger partial charge < -0.3 is 9.84 Å². The monoisotopic (exact) mass is 329 g/mol. The molecule has 1 heterocycles. The summed E-state index contributed by atoms with van der Waals surface area (Å²) in [6.07, 6.45) is 0.324. The van der Waals surface area contributed by atoms with Crippen molar-refractivity contribution in [1.82, 2.24) is 10.1 Å². The summed E-state index contributed by atoms with van der Waals surface area (Å²) < 4.78 is 31.5. The summed E-state index contributed by atoms with van der Waals surface area (Å²) in [5.41, 5.74) is 0.738. The molecule has 0 spiro atoms. The number of amides is 1. The Kier molecular flexibility index (Phi) is 4.60. The molecule has 122 valence electrons. The van der Waals surface area contributed by atoms with Gasteiger partial charge in [-0.05, 0) is 36.4 Å². The molecule has 0 aliphatic carbocycles. The maximum atomic E-state index is 13.7. The molecule has 3 aromatic rings. The molecule has 0 aliphatic rings. The fourth-order valence-corrected chi connectivity index (χ4v) is 2.09. The number of carbonyl (C=O) groups is 1. The number of nitrogens with zero attached hydrogens (tertiary/aromatic N) is 2. The van der Waals surface area contributed by atoms with Crippen LogP contribution in [0, 0.1) is 11.6 Å². The van der Waals surface area contributed by atoms with Gasteiger partial charge in [0.1, 0.15) is 11.6 Å². The Morgan fingerprint density at radius 1 is 1.08 bits per heavy atom. The van der Waals surface area contributed by atoms with Crippen LogP contribution in [-0.4, -0.2) is 16.0 Å². The van der Waals surface area contributed by atoms with Crippen molar-refractivity contribution in [1.29, 1.82) is 0 Å². The van der Waals surface area contributed by atoms with E-state index in [1.807, 2.05) is 0 Å². The third kappa shape index (κ3) is 3.81. The van der Waals surface area contributed by atoms with Crippen LogP contribution in [0.15, 0.2) is 53.1 Å². The van der Waals surface area contributed by atoms with Gasteiger partial charge in [0, 0.05) is 18.5 Å². The Balaban J connectivity index is 1.58. The lowest BCUT2D eigenvalue weighted by atomic mass is 10.2. The van der Waals surface area contributed by atoms with E-state index in [4.69, 9.17) is 4.52 Å². The molecular formula is C17H13F2N3O2. The Bertz CT molecular complexity index is 847. The second-order valence-corrected chi connectivity index (χ2v) is 5.05. The summed E-state index contributed by atoms with van der Waals surface area (Å²) in [5, 5.41) is 6.35. The zero-order chi connectivity index (χ0) is 16.9. The molecule has 24 heavy (non-hydrogen) atoms. The summed E-state index contributed by atoms with van der Waals surface area (Å²) in [5.74, 6) is -0.713. The first kappa shape index (κ1) is 15.8. The summed E-state index contributed by atoms with van der Waals surface area (Å²) in [7, 11) is 0. The Labute approximate surface area is 136 Å². The summed E-state index contributed by atoms with van der Waals surface area (Å²) >= 11 is 0. The first-order valence-corrected chi connectivity index (χ1v) is 7.25.